The van der Waals surface area contributed by atoms with Crippen molar-refractivity contribution in [2.75, 3.05) is 0 Å². The quantitative estimate of drug-likeness (QED) is 0.355. The third-order valence-electron chi connectivity index (χ3n) is 4.91. The van der Waals surface area contributed by atoms with E-state index in [-0.39, 0.29) is 17.3 Å². The summed E-state index contributed by atoms with van der Waals surface area (Å²) < 4.78 is 5.69. The average molecular weight is 379 g/mol. The summed E-state index contributed by atoms with van der Waals surface area (Å²) >= 11 is 0. The van der Waals surface area contributed by atoms with Gasteiger partial charge in [-0.2, -0.15) is 5.26 Å². The highest BCUT2D eigenvalue weighted by molar-refractivity contribution is 6.01. The Kier molecular flexibility index (Phi) is 5.90. The minimum Gasteiger partial charge on any atom is -0.457 e. The number of nitrogens with zero attached hydrogens (tertiary/aromatic N) is 2. The van der Waals surface area contributed by atoms with E-state index < -0.39 is 10.8 Å². The molecule has 1 heterocycles. The van der Waals surface area contributed by atoms with Gasteiger partial charge in [-0.05, 0) is 31.9 Å². The summed E-state index contributed by atoms with van der Waals surface area (Å²) in [6, 6.07) is 10.2. The van der Waals surface area contributed by atoms with Crippen LogP contribution in [0, 0.1) is 28.4 Å². The van der Waals surface area contributed by atoms with Crippen LogP contribution in [-0.2, 0) is 4.79 Å². The summed E-state index contributed by atoms with van der Waals surface area (Å²) in [5.41, 5.74) is 1.10. The molecular weight excluding hydrogens is 358 g/mol. The number of nitriles is 1. The molecule has 1 amide bonds. The standard InChI is InChI=1S/C21H21N3O4/c1-14-7-8-15(12-19(14)24(26)27)20-10-9-18(28-20)11-16(13-22)21(25)23-17-5-3-2-4-6-17/h7-12,17H,2-6H2,1H3,(H,23,25). The normalized spacial score (nSPS) is 15.1. The van der Waals surface area contributed by atoms with Crippen molar-refractivity contribution in [1.29, 1.82) is 5.26 Å². The molecule has 1 aromatic heterocycles. The predicted octanol–water partition coefficient (Wildman–Crippen LogP) is 4.52. The fourth-order valence-electron chi connectivity index (χ4n) is 3.35. The number of aryl methyl sites for hydroxylation is 1. The van der Waals surface area contributed by atoms with Crippen LogP contribution in [0.3, 0.4) is 0 Å². The zero-order chi connectivity index (χ0) is 20.1. The van der Waals surface area contributed by atoms with Gasteiger partial charge in [0, 0.05) is 29.3 Å². The number of amides is 1. The zero-order valence-corrected chi connectivity index (χ0v) is 15.6. The van der Waals surface area contributed by atoms with Crippen LogP contribution in [0.2, 0.25) is 0 Å². The molecule has 1 saturated carbocycles. The van der Waals surface area contributed by atoms with E-state index in [0.29, 0.717) is 22.6 Å². The molecular formula is C21H21N3O4. The van der Waals surface area contributed by atoms with Crippen molar-refractivity contribution < 1.29 is 14.1 Å². The van der Waals surface area contributed by atoms with Crippen LogP contribution in [0.15, 0.2) is 40.3 Å². The number of benzene rings is 1. The van der Waals surface area contributed by atoms with Gasteiger partial charge in [0.25, 0.3) is 11.6 Å². The van der Waals surface area contributed by atoms with Gasteiger partial charge in [-0.3, -0.25) is 14.9 Å². The number of furan rings is 1. The van der Waals surface area contributed by atoms with Crippen LogP contribution in [-0.4, -0.2) is 16.9 Å². The average Bonchev–Trinajstić information content (AvgIpc) is 3.15. The van der Waals surface area contributed by atoms with E-state index in [4.69, 9.17) is 4.42 Å². The monoisotopic (exact) mass is 379 g/mol. The van der Waals surface area contributed by atoms with Gasteiger partial charge in [0.15, 0.2) is 0 Å². The molecule has 7 heteroatoms. The Labute approximate surface area is 162 Å². The number of nitro groups is 1. The van der Waals surface area contributed by atoms with Crippen molar-refractivity contribution in [1.82, 2.24) is 5.32 Å². The lowest BCUT2D eigenvalue weighted by Gasteiger charge is -2.22. The summed E-state index contributed by atoms with van der Waals surface area (Å²) in [5.74, 6) is 0.367. The summed E-state index contributed by atoms with van der Waals surface area (Å²) in [6.07, 6.45) is 6.61. The van der Waals surface area contributed by atoms with E-state index in [2.05, 4.69) is 5.32 Å². The van der Waals surface area contributed by atoms with E-state index in [0.717, 1.165) is 25.7 Å². The molecule has 3 rings (SSSR count). The maximum Gasteiger partial charge on any atom is 0.273 e. The topological polar surface area (TPSA) is 109 Å². The van der Waals surface area contributed by atoms with Crippen molar-refractivity contribution in [2.24, 2.45) is 0 Å². The SMILES string of the molecule is Cc1ccc(-c2ccc(C=C(C#N)C(=O)NC3CCCCC3)o2)cc1[N+](=O)[O-]. The van der Waals surface area contributed by atoms with E-state index in [1.807, 2.05) is 6.07 Å². The number of carbonyl (C=O) groups excluding carboxylic acids is 1. The summed E-state index contributed by atoms with van der Waals surface area (Å²) in [4.78, 5) is 23.0. The third-order valence-corrected chi connectivity index (χ3v) is 4.91. The first-order valence-electron chi connectivity index (χ1n) is 9.26. The summed E-state index contributed by atoms with van der Waals surface area (Å²) in [5, 5.41) is 23.4. The Bertz CT molecular complexity index is 962. The number of rotatable bonds is 5. The first-order valence-corrected chi connectivity index (χ1v) is 9.26. The van der Waals surface area contributed by atoms with Gasteiger partial charge < -0.3 is 9.73 Å². The van der Waals surface area contributed by atoms with E-state index in [9.17, 15) is 20.2 Å². The molecule has 1 N–H and O–H groups in total. The maximum atomic E-state index is 12.4. The van der Waals surface area contributed by atoms with Crippen molar-refractivity contribution in [2.45, 2.75) is 45.1 Å². The molecule has 0 unspecified atom stereocenters. The van der Waals surface area contributed by atoms with E-state index in [1.165, 1.54) is 18.6 Å². The van der Waals surface area contributed by atoms with Crippen LogP contribution >= 0.6 is 0 Å². The highest BCUT2D eigenvalue weighted by atomic mass is 16.6. The number of hydrogen-bond acceptors (Lipinski definition) is 5. The fraction of sp³-hybridized carbons (Fsp3) is 0.333. The lowest BCUT2D eigenvalue weighted by atomic mass is 9.95. The van der Waals surface area contributed by atoms with E-state index in [1.54, 1.807) is 31.2 Å². The minimum atomic E-state index is -0.439. The van der Waals surface area contributed by atoms with Crippen molar-refractivity contribution >= 4 is 17.7 Å². The molecule has 144 valence electrons. The van der Waals surface area contributed by atoms with Crippen LogP contribution in [0.25, 0.3) is 17.4 Å². The number of nitrogens with one attached hydrogen (secondary N) is 1. The van der Waals surface area contributed by atoms with Gasteiger partial charge in [-0.1, -0.05) is 31.4 Å². The first kappa shape index (κ1) is 19.4. The van der Waals surface area contributed by atoms with Crippen molar-refractivity contribution in [3.05, 3.63) is 57.3 Å². The zero-order valence-electron chi connectivity index (χ0n) is 15.6. The van der Waals surface area contributed by atoms with E-state index >= 15 is 0 Å². The van der Waals surface area contributed by atoms with Gasteiger partial charge in [0.2, 0.25) is 0 Å². The van der Waals surface area contributed by atoms with Gasteiger partial charge in [-0.15, -0.1) is 0 Å². The summed E-state index contributed by atoms with van der Waals surface area (Å²) in [6.45, 7) is 1.67. The Hall–Kier alpha value is -3.40. The molecule has 0 saturated heterocycles. The molecule has 0 aliphatic heterocycles. The maximum absolute atomic E-state index is 12.4. The second-order valence-electron chi connectivity index (χ2n) is 6.94. The molecule has 1 aromatic carbocycles. The number of hydrogen-bond donors (Lipinski definition) is 1. The lowest BCUT2D eigenvalue weighted by molar-refractivity contribution is -0.385. The molecule has 1 aliphatic rings. The minimum absolute atomic E-state index is 0.00978. The van der Waals surface area contributed by atoms with Gasteiger partial charge in [0.05, 0.1) is 4.92 Å². The lowest BCUT2D eigenvalue weighted by Crippen LogP contribution is -2.36. The first-order chi connectivity index (χ1) is 13.5. The molecule has 0 bridgehead atoms. The highest BCUT2D eigenvalue weighted by Gasteiger charge is 2.19. The Balaban J connectivity index is 1.78. The van der Waals surface area contributed by atoms with Gasteiger partial charge in [-0.25, -0.2) is 0 Å². The third kappa shape index (κ3) is 4.46. The molecule has 1 aliphatic carbocycles. The molecule has 0 atom stereocenters. The second kappa shape index (κ2) is 8.53. The smallest absolute Gasteiger partial charge is 0.273 e. The molecule has 1 fully saturated rings. The van der Waals surface area contributed by atoms with Crippen molar-refractivity contribution in [3.63, 3.8) is 0 Å². The van der Waals surface area contributed by atoms with Gasteiger partial charge >= 0.3 is 0 Å². The predicted molar refractivity (Wildman–Crippen MR) is 104 cm³/mol. The molecule has 7 nitrogen and oxygen atoms in total. The van der Waals surface area contributed by atoms with Crippen LogP contribution in [0.5, 0.6) is 0 Å². The Morgan fingerprint density at radius 2 is 2.04 bits per heavy atom. The molecule has 0 spiro atoms. The van der Waals surface area contributed by atoms with Crippen molar-refractivity contribution in [3.8, 4) is 17.4 Å². The number of carbonyl (C=O) groups is 1. The largest absolute Gasteiger partial charge is 0.457 e. The molecule has 2 aromatic rings. The van der Waals surface area contributed by atoms with Gasteiger partial charge in [0.1, 0.15) is 23.2 Å². The Morgan fingerprint density at radius 1 is 1.29 bits per heavy atom. The second-order valence-corrected chi connectivity index (χ2v) is 6.94. The highest BCUT2D eigenvalue weighted by Crippen LogP contribution is 2.29. The van der Waals surface area contributed by atoms with Crippen LogP contribution in [0.1, 0.15) is 43.4 Å². The Morgan fingerprint density at radius 3 is 2.71 bits per heavy atom. The molecule has 0 radical (unpaired) electrons. The fourth-order valence-corrected chi connectivity index (χ4v) is 3.35. The summed E-state index contributed by atoms with van der Waals surface area (Å²) in [7, 11) is 0. The van der Waals surface area contributed by atoms with Crippen LogP contribution < -0.4 is 5.32 Å². The number of nitro benzene ring substituents is 1. The molecule has 28 heavy (non-hydrogen) atoms. The van der Waals surface area contributed by atoms with Crippen LogP contribution in [0.4, 0.5) is 5.69 Å².